The molecule has 27 heavy (non-hydrogen) atoms. The average molecular weight is 392 g/mol. The summed E-state index contributed by atoms with van der Waals surface area (Å²) in [7, 11) is 1.55. The number of pyridine rings is 1. The summed E-state index contributed by atoms with van der Waals surface area (Å²) in [4.78, 5) is 16.2. The van der Waals surface area contributed by atoms with E-state index in [-0.39, 0.29) is 18.1 Å². The fourth-order valence-electron chi connectivity index (χ4n) is 2.41. The molecule has 0 aliphatic heterocycles. The van der Waals surface area contributed by atoms with Gasteiger partial charge in [-0.15, -0.1) is 0 Å². The highest BCUT2D eigenvalue weighted by molar-refractivity contribution is 6.31. The molecule has 0 bridgehead atoms. The third-order valence-electron chi connectivity index (χ3n) is 3.55. The van der Waals surface area contributed by atoms with Crippen LogP contribution in [0.15, 0.2) is 36.5 Å². The Balaban J connectivity index is 1.98. The molecule has 0 aliphatic carbocycles. The second kappa shape index (κ2) is 9.58. The van der Waals surface area contributed by atoms with Crippen LogP contribution < -0.4 is 20.1 Å². The maximum absolute atomic E-state index is 11.9. The molecular formula is C20H26ClN3O3. The van der Waals surface area contributed by atoms with Gasteiger partial charge >= 0.3 is 0 Å². The maximum atomic E-state index is 11.9. The smallest absolute Gasteiger partial charge is 0.258 e. The number of halogens is 1. The number of benzene rings is 1. The Morgan fingerprint density at radius 2 is 1.96 bits per heavy atom. The first-order valence-electron chi connectivity index (χ1n) is 8.69. The average Bonchev–Trinajstić information content (AvgIpc) is 2.61. The molecule has 2 rings (SSSR count). The van der Waals surface area contributed by atoms with Gasteiger partial charge in [-0.05, 0) is 44.5 Å². The van der Waals surface area contributed by atoms with Gasteiger partial charge < -0.3 is 20.1 Å². The van der Waals surface area contributed by atoms with Gasteiger partial charge in [0.15, 0.2) is 18.1 Å². The van der Waals surface area contributed by atoms with Crippen LogP contribution in [-0.2, 0) is 17.9 Å². The second-order valence-corrected chi connectivity index (χ2v) is 7.51. The predicted octanol–water partition coefficient (Wildman–Crippen LogP) is 3.33. The number of hydrogen-bond acceptors (Lipinski definition) is 5. The lowest BCUT2D eigenvalue weighted by Crippen LogP contribution is -2.43. The van der Waals surface area contributed by atoms with E-state index in [1.807, 2.05) is 45.0 Å². The van der Waals surface area contributed by atoms with Crippen molar-refractivity contribution >= 4 is 17.5 Å². The van der Waals surface area contributed by atoms with Gasteiger partial charge in [0, 0.05) is 35.9 Å². The van der Waals surface area contributed by atoms with Crippen LogP contribution in [0.1, 0.15) is 32.0 Å². The summed E-state index contributed by atoms with van der Waals surface area (Å²) in [6.45, 7) is 6.81. The van der Waals surface area contributed by atoms with Gasteiger partial charge in [0.1, 0.15) is 0 Å². The second-order valence-electron chi connectivity index (χ2n) is 7.11. The van der Waals surface area contributed by atoms with Gasteiger partial charge in [0.25, 0.3) is 5.91 Å². The SMILES string of the molecule is COc1cc(CNCc2ccccn2)c(Cl)cc1OCC(=O)NC(C)(C)C. The Bertz CT molecular complexity index is 761. The lowest BCUT2D eigenvalue weighted by Gasteiger charge is -2.21. The fourth-order valence-corrected chi connectivity index (χ4v) is 2.63. The normalized spacial score (nSPS) is 11.1. The molecule has 6 nitrogen and oxygen atoms in total. The van der Waals surface area contributed by atoms with Gasteiger partial charge in [-0.1, -0.05) is 17.7 Å². The van der Waals surface area contributed by atoms with Crippen molar-refractivity contribution in [3.05, 3.63) is 52.8 Å². The minimum absolute atomic E-state index is 0.110. The standard InChI is InChI=1S/C20H26ClN3O3/c1-20(2,3)24-19(25)13-27-18-10-16(21)14(9-17(18)26-4)11-22-12-15-7-5-6-8-23-15/h5-10,22H,11-13H2,1-4H3,(H,24,25). The van der Waals surface area contributed by atoms with E-state index in [2.05, 4.69) is 15.6 Å². The Labute approximate surface area is 165 Å². The quantitative estimate of drug-likeness (QED) is 0.722. The Hall–Kier alpha value is -2.31. The zero-order chi connectivity index (χ0) is 19.9. The van der Waals surface area contributed by atoms with Crippen molar-refractivity contribution in [3.8, 4) is 11.5 Å². The largest absolute Gasteiger partial charge is 0.493 e. The van der Waals surface area contributed by atoms with E-state index in [1.165, 1.54) is 0 Å². The summed E-state index contributed by atoms with van der Waals surface area (Å²) < 4.78 is 11.0. The Kier molecular flexibility index (Phi) is 7.45. The van der Waals surface area contributed by atoms with Crippen LogP contribution in [0.3, 0.4) is 0 Å². The van der Waals surface area contributed by atoms with Crippen molar-refractivity contribution in [1.82, 2.24) is 15.6 Å². The van der Waals surface area contributed by atoms with Crippen LogP contribution in [0.4, 0.5) is 0 Å². The van der Waals surface area contributed by atoms with E-state index >= 15 is 0 Å². The Morgan fingerprint density at radius 1 is 1.19 bits per heavy atom. The van der Waals surface area contributed by atoms with Crippen molar-refractivity contribution in [2.24, 2.45) is 0 Å². The minimum Gasteiger partial charge on any atom is -0.493 e. The van der Waals surface area contributed by atoms with Gasteiger partial charge in [0.05, 0.1) is 12.8 Å². The Morgan fingerprint density at radius 3 is 2.59 bits per heavy atom. The first-order valence-corrected chi connectivity index (χ1v) is 9.07. The maximum Gasteiger partial charge on any atom is 0.258 e. The lowest BCUT2D eigenvalue weighted by molar-refractivity contribution is -0.124. The number of hydrogen-bond donors (Lipinski definition) is 2. The molecule has 2 aromatic rings. The number of amides is 1. The third kappa shape index (κ3) is 7.07. The molecule has 0 unspecified atom stereocenters. The van der Waals surface area contributed by atoms with Crippen LogP contribution in [0.5, 0.6) is 11.5 Å². The third-order valence-corrected chi connectivity index (χ3v) is 3.91. The molecule has 0 fully saturated rings. The van der Waals surface area contributed by atoms with Crippen molar-refractivity contribution in [2.45, 2.75) is 39.4 Å². The van der Waals surface area contributed by atoms with E-state index in [9.17, 15) is 4.79 Å². The van der Waals surface area contributed by atoms with Gasteiger partial charge in [-0.25, -0.2) is 0 Å². The molecular weight excluding hydrogens is 366 g/mol. The fraction of sp³-hybridized carbons (Fsp3) is 0.400. The highest BCUT2D eigenvalue weighted by Gasteiger charge is 2.16. The monoisotopic (exact) mass is 391 g/mol. The summed E-state index contributed by atoms with van der Waals surface area (Å²) in [5.41, 5.74) is 1.51. The molecule has 2 N–H and O–H groups in total. The number of ether oxygens (including phenoxy) is 2. The molecule has 0 saturated carbocycles. The minimum atomic E-state index is -0.314. The number of rotatable bonds is 8. The van der Waals surface area contributed by atoms with E-state index in [0.717, 1.165) is 11.3 Å². The number of carbonyl (C=O) groups is 1. The molecule has 1 amide bonds. The molecule has 1 aromatic carbocycles. The van der Waals surface area contributed by atoms with E-state index < -0.39 is 0 Å². The van der Waals surface area contributed by atoms with Gasteiger partial charge in [0.2, 0.25) is 0 Å². The summed E-state index contributed by atoms with van der Waals surface area (Å²) in [5, 5.41) is 6.68. The first-order chi connectivity index (χ1) is 12.8. The highest BCUT2D eigenvalue weighted by Crippen LogP contribution is 2.33. The number of nitrogens with zero attached hydrogens (tertiary/aromatic N) is 1. The zero-order valence-corrected chi connectivity index (χ0v) is 16.9. The topological polar surface area (TPSA) is 72.5 Å². The van der Waals surface area contributed by atoms with Crippen molar-refractivity contribution in [3.63, 3.8) is 0 Å². The van der Waals surface area contributed by atoms with Crippen molar-refractivity contribution < 1.29 is 14.3 Å². The van der Waals surface area contributed by atoms with Crippen LogP contribution in [0, 0.1) is 0 Å². The summed E-state index contributed by atoms with van der Waals surface area (Å²) in [6, 6.07) is 9.26. The molecule has 0 spiro atoms. The summed E-state index contributed by atoms with van der Waals surface area (Å²) >= 11 is 6.37. The lowest BCUT2D eigenvalue weighted by atomic mass is 10.1. The van der Waals surface area contributed by atoms with Crippen LogP contribution in [0.2, 0.25) is 5.02 Å². The molecule has 146 valence electrons. The molecule has 0 radical (unpaired) electrons. The number of methoxy groups -OCH3 is 1. The van der Waals surface area contributed by atoms with E-state index in [4.69, 9.17) is 21.1 Å². The molecule has 1 heterocycles. The van der Waals surface area contributed by atoms with Crippen molar-refractivity contribution in [2.75, 3.05) is 13.7 Å². The summed E-state index contributed by atoms with van der Waals surface area (Å²) in [5.74, 6) is 0.749. The first kappa shape index (κ1) is 21.0. The van der Waals surface area contributed by atoms with E-state index in [0.29, 0.717) is 29.6 Å². The predicted molar refractivity (Wildman–Crippen MR) is 106 cm³/mol. The molecule has 1 aromatic heterocycles. The van der Waals surface area contributed by atoms with Crippen molar-refractivity contribution in [1.29, 1.82) is 0 Å². The summed E-state index contributed by atoms with van der Waals surface area (Å²) in [6.07, 6.45) is 1.76. The molecule has 7 heteroatoms. The molecule has 0 aliphatic rings. The zero-order valence-electron chi connectivity index (χ0n) is 16.1. The highest BCUT2D eigenvalue weighted by atomic mass is 35.5. The van der Waals surface area contributed by atoms with Gasteiger partial charge in [-0.3, -0.25) is 9.78 Å². The molecule has 0 saturated heterocycles. The number of aromatic nitrogens is 1. The number of nitrogens with one attached hydrogen (secondary N) is 2. The van der Waals surface area contributed by atoms with Crippen LogP contribution >= 0.6 is 11.6 Å². The van der Waals surface area contributed by atoms with Crippen LogP contribution in [-0.4, -0.2) is 30.1 Å². The molecule has 0 atom stereocenters. The number of carbonyl (C=O) groups excluding carboxylic acids is 1. The van der Waals surface area contributed by atoms with Gasteiger partial charge in [-0.2, -0.15) is 0 Å². The van der Waals surface area contributed by atoms with Crippen LogP contribution in [0.25, 0.3) is 0 Å². The van der Waals surface area contributed by atoms with E-state index in [1.54, 1.807) is 19.4 Å².